The highest BCUT2D eigenvalue weighted by Gasteiger charge is 2.30. The van der Waals surface area contributed by atoms with Crippen LogP contribution in [0.25, 0.3) is 0 Å². The molecule has 0 spiro atoms. The number of guanidine groups is 1. The van der Waals surface area contributed by atoms with Crippen LogP contribution in [0.3, 0.4) is 0 Å². The standard InChI is InChI=1S/C18H18F3N3O4/c1-26-15-8-3-11(9-14(15)16(25)27-2)10-23-17(22)24-12-4-6-13(7-5-12)28-18(19,20)21/h3-9H,10H2,1-2H3,(H3,22,23,24). The molecule has 28 heavy (non-hydrogen) atoms. The molecule has 0 saturated heterocycles. The molecular formula is C18H18F3N3O4. The molecule has 0 aliphatic rings. The fourth-order valence-corrected chi connectivity index (χ4v) is 2.23. The van der Waals surface area contributed by atoms with Crippen molar-refractivity contribution in [2.45, 2.75) is 12.9 Å². The number of hydrogen-bond acceptors (Lipinski definition) is 5. The lowest BCUT2D eigenvalue weighted by Gasteiger charge is -2.10. The van der Waals surface area contributed by atoms with E-state index in [2.05, 4.69) is 15.0 Å². The average molecular weight is 397 g/mol. The van der Waals surface area contributed by atoms with Crippen molar-refractivity contribution in [1.29, 1.82) is 0 Å². The lowest BCUT2D eigenvalue weighted by Crippen LogP contribution is -2.22. The van der Waals surface area contributed by atoms with Crippen molar-refractivity contribution in [3.8, 4) is 11.5 Å². The summed E-state index contributed by atoms with van der Waals surface area (Å²) in [5.41, 5.74) is 7.15. The number of rotatable bonds is 6. The van der Waals surface area contributed by atoms with Gasteiger partial charge in [0.1, 0.15) is 17.1 Å². The minimum atomic E-state index is -4.75. The Morgan fingerprint density at radius 1 is 1.14 bits per heavy atom. The second-order valence-corrected chi connectivity index (χ2v) is 5.42. The second kappa shape index (κ2) is 8.98. The zero-order chi connectivity index (χ0) is 20.7. The van der Waals surface area contributed by atoms with Crippen LogP contribution in [0.1, 0.15) is 15.9 Å². The molecule has 2 rings (SSSR count). The lowest BCUT2D eigenvalue weighted by molar-refractivity contribution is -0.274. The fraction of sp³-hybridized carbons (Fsp3) is 0.222. The largest absolute Gasteiger partial charge is 0.573 e. The molecule has 0 fully saturated rings. The van der Waals surface area contributed by atoms with E-state index in [1.54, 1.807) is 18.2 Å². The van der Waals surface area contributed by atoms with E-state index in [4.69, 9.17) is 15.2 Å². The SMILES string of the molecule is COC(=O)c1cc(CN=C(N)Nc2ccc(OC(F)(F)F)cc2)ccc1OC. The molecule has 0 aromatic heterocycles. The maximum absolute atomic E-state index is 12.1. The number of nitrogens with one attached hydrogen (secondary N) is 1. The Balaban J connectivity index is 2.03. The van der Waals surface area contributed by atoms with Gasteiger partial charge in [-0.1, -0.05) is 6.07 Å². The number of alkyl halides is 3. The van der Waals surface area contributed by atoms with E-state index in [-0.39, 0.29) is 23.8 Å². The predicted octanol–water partition coefficient (Wildman–Crippen LogP) is 3.31. The van der Waals surface area contributed by atoms with Gasteiger partial charge in [0.2, 0.25) is 0 Å². The monoisotopic (exact) mass is 397 g/mol. The first-order valence-corrected chi connectivity index (χ1v) is 7.90. The number of benzene rings is 2. The first kappa shape index (κ1) is 20.9. The molecule has 0 atom stereocenters. The molecule has 0 amide bonds. The van der Waals surface area contributed by atoms with Gasteiger partial charge in [-0.15, -0.1) is 13.2 Å². The maximum atomic E-state index is 12.1. The first-order valence-electron chi connectivity index (χ1n) is 7.90. The molecule has 150 valence electrons. The number of halogens is 3. The summed E-state index contributed by atoms with van der Waals surface area (Å²) in [5, 5.41) is 2.75. The van der Waals surface area contributed by atoms with Crippen molar-refractivity contribution >= 4 is 17.6 Å². The van der Waals surface area contributed by atoms with Gasteiger partial charge >= 0.3 is 12.3 Å². The van der Waals surface area contributed by atoms with Crippen molar-refractivity contribution < 1.29 is 32.2 Å². The minimum absolute atomic E-state index is 0.0416. The summed E-state index contributed by atoms with van der Waals surface area (Å²) in [7, 11) is 2.70. The van der Waals surface area contributed by atoms with Crippen LogP contribution in [0.15, 0.2) is 47.5 Å². The van der Waals surface area contributed by atoms with Gasteiger partial charge in [-0.3, -0.25) is 0 Å². The van der Waals surface area contributed by atoms with Crippen LogP contribution in [0, 0.1) is 0 Å². The molecule has 2 aromatic rings. The quantitative estimate of drug-likeness (QED) is 0.441. The van der Waals surface area contributed by atoms with E-state index in [1.165, 1.54) is 26.4 Å². The van der Waals surface area contributed by atoms with Crippen LogP contribution in [0.5, 0.6) is 11.5 Å². The zero-order valence-electron chi connectivity index (χ0n) is 15.0. The summed E-state index contributed by atoms with van der Waals surface area (Å²) in [6, 6.07) is 9.93. The molecule has 0 radical (unpaired) electrons. The van der Waals surface area contributed by atoms with Crippen molar-refractivity contribution in [3.63, 3.8) is 0 Å². The van der Waals surface area contributed by atoms with Gasteiger partial charge in [-0.25, -0.2) is 9.79 Å². The van der Waals surface area contributed by atoms with Gasteiger partial charge in [-0.2, -0.15) is 0 Å². The number of anilines is 1. The van der Waals surface area contributed by atoms with Crippen molar-refractivity contribution in [3.05, 3.63) is 53.6 Å². The lowest BCUT2D eigenvalue weighted by atomic mass is 10.1. The van der Waals surface area contributed by atoms with Crippen LogP contribution < -0.4 is 20.5 Å². The molecular weight excluding hydrogens is 379 g/mol. The number of carbonyl (C=O) groups is 1. The molecule has 7 nitrogen and oxygen atoms in total. The average Bonchev–Trinajstić information content (AvgIpc) is 2.66. The van der Waals surface area contributed by atoms with E-state index < -0.39 is 12.3 Å². The molecule has 0 aliphatic heterocycles. The Morgan fingerprint density at radius 3 is 2.39 bits per heavy atom. The van der Waals surface area contributed by atoms with Crippen molar-refractivity contribution in [1.82, 2.24) is 0 Å². The Kier molecular flexibility index (Phi) is 6.69. The Bertz CT molecular complexity index is 852. The zero-order valence-corrected chi connectivity index (χ0v) is 15.0. The predicted molar refractivity (Wildman–Crippen MR) is 96.4 cm³/mol. The summed E-state index contributed by atoms with van der Waals surface area (Å²) < 4.78 is 50.1. The summed E-state index contributed by atoms with van der Waals surface area (Å²) in [4.78, 5) is 15.9. The number of nitrogens with zero attached hydrogens (tertiary/aromatic N) is 1. The van der Waals surface area contributed by atoms with Gasteiger partial charge in [0.05, 0.1) is 20.8 Å². The highest BCUT2D eigenvalue weighted by molar-refractivity contribution is 5.93. The molecule has 2 aromatic carbocycles. The van der Waals surface area contributed by atoms with E-state index in [9.17, 15) is 18.0 Å². The molecule has 0 bridgehead atoms. The Labute approximate surface area is 158 Å². The summed E-state index contributed by atoms with van der Waals surface area (Å²) in [6.45, 7) is 0.155. The molecule has 0 aliphatic carbocycles. The number of carbonyl (C=O) groups excluding carboxylic acids is 1. The van der Waals surface area contributed by atoms with E-state index in [0.29, 0.717) is 17.0 Å². The van der Waals surface area contributed by atoms with Crippen LogP contribution in [-0.4, -0.2) is 32.5 Å². The summed E-state index contributed by atoms with van der Waals surface area (Å²) >= 11 is 0. The summed E-state index contributed by atoms with van der Waals surface area (Å²) in [5.74, 6) is -0.483. The molecule has 0 saturated carbocycles. The molecule has 3 N–H and O–H groups in total. The Hall–Kier alpha value is -3.43. The van der Waals surface area contributed by atoms with Gasteiger partial charge in [0.25, 0.3) is 0 Å². The third-order valence-electron chi connectivity index (χ3n) is 3.46. The third kappa shape index (κ3) is 6.08. The number of aliphatic imine (C=N–C) groups is 1. The normalized spacial score (nSPS) is 11.7. The topological polar surface area (TPSA) is 95.2 Å². The van der Waals surface area contributed by atoms with E-state index >= 15 is 0 Å². The van der Waals surface area contributed by atoms with E-state index in [0.717, 1.165) is 12.1 Å². The van der Waals surface area contributed by atoms with E-state index in [1.807, 2.05) is 0 Å². The number of nitrogens with two attached hydrogens (primary N) is 1. The smallest absolute Gasteiger partial charge is 0.496 e. The van der Waals surface area contributed by atoms with Gasteiger partial charge in [0, 0.05) is 5.69 Å². The molecule has 0 unspecified atom stereocenters. The van der Waals surface area contributed by atoms with Crippen LogP contribution >= 0.6 is 0 Å². The van der Waals surface area contributed by atoms with Crippen LogP contribution in [-0.2, 0) is 11.3 Å². The number of methoxy groups -OCH3 is 2. The number of ether oxygens (including phenoxy) is 3. The second-order valence-electron chi connectivity index (χ2n) is 5.42. The fourth-order valence-electron chi connectivity index (χ4n) is 2.23. The molecule has 0 heterocycles. The Morgan fingerprint density at radius 2 is 1.82 bits per heavy atom. The van der Waals surface area contributed by atoms with Gasteiger partial charge in [-0.05, 0) is 42.0 Å². The summed E-state index contributed by atoms with van der Waals surface area (Å²) in [6.07, 6.45) is -4.75. The van der Waals surface area contributed by atoms with Crippen molar-refractivity contribution in [2.24, 2.45) is 10.7 Å². The van der Waals surface area contributed by atoms with Crippen LogP contribution in [0.4, 0.5) is 18.9 Å². The minimum Gasteiger partial charge on any atom is -0.496 e. The number of hydrogen-bond donors (Lipinski definition) is 2. The highest BCUT2D eigenvalue weighted by atomic mass is 19.4. The van der Waals surface area contributed by atoms with Gasteiger partial charge in [0.15, 0.2) is 5.96 Å². The number of esters is 1. The van der Waals surface area contributed by atoms with Crippen LogP contribution in [0.2, 0.25) is 0 Å². The highest BCUT2D eigenvalue weighted by Crippen LogP contribution is 2.24. The first-order chi connectivity index (χ1) is 13.2. The van der Waals surface area contributed by atoms with Crippen molar-refractivity contribution in [2.75, 3.05) is 19.5 Å². The third-order valence-corrected chi connectivity index (χ3v) is 3.46. The maximum Gasteiger partial charge on any atom is 0.573 e. The molecule has 10 heteroatoms. The van der Waals surface area contributed by atoms with Gasteiger partial charge < -0.3 is 25.3 Å².